The van der Waals surface area contributed by atoms with Gasteiger partial charge in [0.05, 0.1) is 0 Å². The Hall–Kier alpha value is 1.96. The van der Waals surface area contributed by atoms with E-state index in [0.717, 1.165) is 13.2 Å². The first kappa shape index (κ1) is 18.7. The van der Waals surface area contributed by atoms with Gasteiger partial charge < -0.3 is 7.59 Å². The van der Waals surface area contributed by atoms with Crippen LogP contribution in [0.2, 0.25) is 0 Å². The van der Waals surface area contributed by atoms with Crippen molar-refractivity contribution in [1.82, 2.24) is 0 Å². The molecule has 0 N–H and O–H groups in total. The first-order chi connectivity index (χ1) is 4.41. The third-order valence-electron chi connectivity index (χ3n) is 1.28. The van der Waals surface area contributed by atoms with Gasteiger partial charge in [-0.15, -0.1) is 0 Å². The molecule has 11 heavy (non-hydrogen) atoms. The molecule has 0 radical (unpaired) electrons. The quantitative estimate of drug-likeness (QED) is 0.308. The predicted molar refractivity (Wildman–Crippen MR) is 42.9 cm³/mol. The molecule has 0 fully saturated rings. The summed E-state index contributed by atoms with van der Waals surface area (Å²) in [6, 6.07) is 0. The fraction of sp³-hybridized carbons (Fsp3) is 1.00. The first-order valence-corrected chi connectivity index (χ1v) is 3.99. The zero-order valence-corrected chi connectivity index (χ0v) is 12.7. The molecule has 0 rings (SSSR count). The molecule has 0 aliphatic heterocycles. The Balaban J connectivity index is -0.0000000533. The molecule has 1 nitrogen and oxygen atoms in total. The van der Waals surface area contributed by atoms with Crippen LogP contribution in [0.25, 0.3) is 0 Å². The van der Waals surface area contributed by atoms with Crippen LogP contribution in [0.5, 0.6) is 0 Å². The third kappa shape index (κ3) is 18.7. The van der Waals surface area contributed by atoms with Gasteiger partial charge in [0.15, 0.2) is 0 Å². The summed E-state index contributed by atoms with van der Waals surface area (Å²) in [5.74, 6) is 0. The average molecular weight is 178 g/mol. The Morgan fingerprint density at radius 1 is 0.909 bits per heavy atom. The largest absolute Gasteiger partial charge is 1.00 e. The van der Waals surface area contributed by atoms with Gasteiger partial charge in [-0.1, -0.05) is 26.7 Å². The molecule has 0 saturated heterocycles. The zero-order chi connectivity index (χ0) is 6.95. The van der Waals surface area contributed by atoms with Crippen molar-refractivity contribution in [2.75, 3.05) is 13.2 Å². The fourth-order valence-corrected chi connectivity index (χ4v) is 0.595. The molecule has 0 heterocycles. The molecule has 0 amide bonds. The second-order valence-electron chi connectivity index (χ2n) is 2.32. The summed E-state index contributed by atoms with van der Waals surface area (Å²) in [5, 5.41) is 0. The second kappa shape index (κ2) is 17.9. The van der Waals surface area contributed by atoms with Crippen molar-refractivity contribution in [2.45, 2.75) is 39.5 Å². The smallest absolute Gasteiger partial charge is 1.00 e. The molecule has 0 aromatic carbocycles. The summed E-state index contributed by atoms with van der Waals surface area (Å²) >= 11 is 0. The fourth-order valence-electron chi connectivity index (χ4n) is 0.595. The van der Waals surface area contributed by atoms with E-state index < -0.39 is 0 Å². The van der Waals surface area contributed by atoms with Gasteiger partial charge in [-0.2, -0.15) is 0 Å². The summed E-state index contributed by atoms with van der Waals surface area (Å²) < 4.78 is 5.31. The molecular formula is C8H20Na2O. The van der Waals surface area contributed by atoms with Crippen LogP contribution in [-0.2, 0) is 4.74 Å². The Morgan fingerprint density at radius 2 is 1.27 bits per heavy atom. The zero-order valence-electron chi connectivity index (χ0n) is 10.7. The van der Waals surface area contributed by atoms with Crippen LogP contribution in [-0.4, -0.2) is 13.2 Å². The SMILES string of the molecule is CCCCOCCCC.[H-].[H-].[Na+].[Na+]. The van der Waals surface area contributed by atoms with Gasteiger partial charge in [0, 0.05) is 13.2 Å². The van der Waals surface area contributed by atoms with Crippen molar-refractivity contribution < 1.29 is 66.7 Å². The maximum atomic E-state index is 5.31. The topological polar surface area (TPSA) is 9.23 Å². The molecular weight excluding hydrogens is 158 g/mol. The Bertz CT molecular complexity index is 53.4. The minimum atomic E-state index is 0. The maximum absolute atomic E-state index is 5.31. The van der Waals surface area contributed by atoms with E-state index in [4.69, 9.17) is 4.74 Å². The van der Waals surface area contributed by atoms with Crippen molar-refractivity contribution in [3.63, 3.8) is 0 Å². The number of ether oxygens (including phenoxy) is 1. The minimum Gasteiger partial charge on any atom is -1.00 e. The average Bonchev–Trinajstić information content (AvgIpc) is 1.89. The summed E-state index contributed by atoms with van der Waals surface area (Å²) in [7, 11) is 0. The summed E-state index contributed by atoms with van der Waals surface area (Å²) in [4.78, 5) is 0. The molecule has 3 heteroatoms. The first-order valence-electron chi connectivity index (χ1n) is 3.99. The Morgan fingerprint density at radius 3 is 1.55 bits per heavy atom. The predicted octanol–water partition coefficient (Wildman–Crippen LogP) is -3.16. The molecule has 0 spiro atoms. The molecule has 60 valence electrons. The molecule has 0 aromatic rings. The van der Waals surface area contributed by atoms with Gasteiger partial charge in [0.2, 0.25) is 0 Å². The molecule has 0 aliphatic carbocycles. The van der Waals surface area contributed by atoms with E-state index in [1.165, 1.54) is 25.7 Å². The Kier molecular flexibility index (Phi) is 30.4. The van der Waals surface area contributed by atoms with Crippen molar-refractivity contribution in [3.05, 3.63) is 0 Å². The third-order valence-corrected chi connectivity index (χ3v) is 1.28. The van der Waals surface area contributed by atoms with Gasteiger partial charge in [-0.25, -0.2) is 0 Å². The number of hydrogen-bond acceptors (Lipinski definition) is 1. The molecule has 0 unspecified atom stereocenters. The molecule has 0 aliphatic rings. The van der Waals surface area contributed by atoms with E-state index in [2.05, 4.69) is 13.8 Å². The van der Waals surface area contributed by atoms with E-state index in [0.29, 0.717) is 0 Å². The second-order valence-corrected chi connectivity index (χ2v) is 2.32. The van der Waals surface area contributed by atoms with Crippen LogP contribution in [0.1, 0.15) is 42.4 Å². The summed E-state index contributed by atoms with van der Waals surface area (Å²) in [5.41, 5.74) is 0. The van der Waals surface area contributed by atoms with Crippen LogP contribution in [0.4, 0.5) is 0 Å². The standard InChI is InChI=1S/C8H18O.2Na.2H/c1-3-5-7-9-8-6-4-2;;;;/h3-8H2,1-2H3;;;;/q;2*+1;2*-1. The van der Waals surface area contributed by atoms with Crippen molar-refractivity contribution in [3.8, 4) is 0 Å². The monoisotopic (exact) mass is 178 g/mol. The van der Waals surface area contributed by atoms with E-state index in [9.17, 15) is 0 Å². The van der Waals surface area contributed by atoms with E-state index in [-0.39, 0.29) is 62.0 Å². The van der Waals surface area contributed by atoms with Gasteiger partial charge in [0.25, 0.3) is 0 Å². The summed E-state index contributed by atoms with van der Waals surface area (Å²) in [6.07, 6.45) is 4.91. The minimum absolute atomic E-state index is 0. The number of rotatable bonds is 6. The van der Waals surface area contributed by atoms with Gasteiger partial charge >= 0.3 is 59.1 Å². The Labute approximate surface area is 118 Å². The van der Waals surface area contributed by atoms with E-state index in [1.807, 2.05) is 0 Å². The van der Waals surface area contributed by atoms with Crippen molar-refractivity contribution >= 4 is 0 Å². The molecule has 0 aromatic heterocycles. The van der Waals surface area contributed by atoms with Gasteiger partial charge in [-0.3, -0.25) is 0 Å². The summed E-state index contributed by atoms with van der Waals surface area (Å²) in [6.45, 7) is 6.28. The van der Waals surface area contributed by atoms with Crippen LogP contribution in [0.3, 0.4) is 0 Å². The van der Waals surface area contributed by atoms with E-state index >= 15 is 0 Å². The van der Waals surface area contributed by atoms with Gasteiger partial charge in [-0.05, 0) is 12.8 Å². The van der Waals surface area contributed by atoms with E-state index in [1.54, 1.807) is 0 Å². The van der Waals surface area contributed by atoms with Crippen LogP contribution >= 0.6 is 0 Å². The van der Waals surface area contributed by atoms with Crippen molar-refractivity contribution in [1.29, 1.82) is 0 Å². The molecule has 0 atom stereocenters. The normalized spacial score (nSPS) is 8.18. The van der Waals surface area contributed by atoms with Gasteiger partial charge in [0.1, 0.15) is 0 Å². The number of hydrogen-bond donors (Lipinski definition) is 0. The van der Waals surface area contributed by atoms with Crippen LogP contribution < -0.4 is 59.1 Å². The van der Waals surface area contributed by atoms with Crippen LogP contribution in [0.15, 0.2) is 0 Å². The maximum Gasteiger partial charge on any atom is 1.00 e. The van der Waals surface area contributed by atoms with Crippen molar-refractivity contribution in [2.24, 2.45) is 0 Å². The molecule has 0 saturated carbocycles. The molecule has 0 bridgehead atoms. The van der Waals surface area contributed by atoms with Crippen LogP contribution in [0, 0.1) is 0 Å². The number of unbranched alkanes of at least 4 members (excludes halogenated alkanes) is 2.